The van der Waals surface area contributed by atoms with Crippen LogP contribution >= 0.6 is 0 Å². The lowest BCUT2D eigenvalue weighted by Gasteiger charge is -2.04. The summed E-state index contributed by atoms with van der Waals surface area (Å²) in [6.45, 7) is 2.27. The van der Waals surface area contributed by atoms with Gasteiger partial charge in [0.15, 0.2) is 0 Å². The van der Waals surface area contributed by atoms with Gasteiger partial charge in [-0.05, 0) is 54.9 Å². The summed E-state index contributed by atoms with van der Waals surface area (Å²) < 4.78 is 0. The summed E-state index contributed by atoms with van der Waals surface area (Å²) in [6, 6.07) is 15.6. The molecule has 0 bridgehead atoms. The van der Waals surface area contributed by atoms with Gasteiger partial charge in [0.05, 0.1) is 0 Å². The van der Waals surface area contributed by atoms with E-state index in [0.29, 0.717) is 0 Å². The Morgan fingerprint density at radius 2 is 1.28 bits per heavy atom. The Morgan fingerprint density at radius 3 is 2.04 bits per heavy atom. The second-order valence-electron chi connectivity index (χ2n) is 7.31. The van der Waals surface area contributed by atoms with Gasteiger partial charge in [0, 0.05) is 0 Å². The molecular weight excluding hydrogens is 300 g/mol. The van der Waals surface area contributed by atoms with Crippen molar-refractivity contribution in [3.8, 4) is 0 Å². The Morgan fingerprint density at radius 1 is 0.640 bits per heavy atom. The van der Waals surface area contributed by atoms with Crippen molar-refractivity contribution in [1.29, 1.82) is 0 Å². The number of hydrogen-bond donors (Lipinski definition) is 0. The third kappa shape index (κ3) is 8.38. The minimum absolute atomic E-state index is 1.23. The molecule has 2 aromatic rings. The summed E-state index contributed by atoms with van der Waals surface area (Å²) in [6.07, 6.45) is 20.9. The minimum atomic E-state index is 1.23. The molecule has 0 saturated heterocycles. The van der Waals surface area contributed by atoms with Gasteiger partial charge in [-0.15, -0.1) is 0 Å². The molecule has 0 heteroatoms. The molecule has 0 aromatic heterocycles. The van der Waals surface area contributed by atoms with Crippen LogP contribution in [0.25, 0.3) is 10.8 Å². The standard InChI is InChI=1S/C25H36/c1-2-3-4-5-6-7-8-9-10-11-12-13-14-17-23-20-21-24-18-15-16-19-25(24)22-23/h6-7,15-16,18-22H,2-5,8-14,17H2,1H3/b7-6+. The third-order valence-corrected chi connectivity index (χ3v) is 5.04. The van der Waals surface area contributed by atoms with Crippen LogP contribution in [-0.2, 0) is 6.42 Å². The predicted octanol–water partition coefficient (Wildman–Crippen LogP) is 8.25. The van der Waals surface area contributed by atoms with E-state index in [1.54, 1.807) is 0 Å². The van der Waals surface area contributed by atoms with Crippen molar-refractivity contribution in [3.05, 3.63) is 60.2 Å². The molecule has 0 heterocycles. The van der Waals surface area contributed by atoms with E-state index < -0.39 is 0 Å². The van der Waals surface area contributed by atoms with Gasteiger partial charge in [0.1, 0.15) is 0 Å². The fourth-order valence-corrected chi connectivity index (χ4v) is 3.44. The molecule has 0 aliphatic rings. The molecule has 2 aromatic carbocycles. The van der Waals surface area contributed by atoms with Crippen molar-refractivity contribution in [2.75, 3.05) is 0 Å². The summed E-state index contributed by atoms with van der Waals surface area (Å²) in [4.78, 5) is 0. The molecule has 0 spiro atoms. The van der Waals surface area contributed by atoms with Gasteiger partial charge in [0.2, 0.25) is 0 Å². The van der Waals surface area contributed by atoms with Gasteiger partial charge >= 0.3 is 0 Å². The van der Waals surface area contributed by atoms with Crippen LogP contribution in [0.4, 0.5) is 0 Å². The lowest BCUT2D eigenvalue weighted by atomic mass is 10.0. The average molecular weight is 337 g/mol. The molecule has 0 amide bonds. The lowest BCUT2D eigenvalue weighted by Crippen LogP contribution is -1.87. The van der Waals surface area contributed by atoms with Crippen LogP contribution in [0.1, 0.15) is 83.1 Å². The van der Waals surface area contributed by atoms with Crippen LogP contribution < -0.4 is 0 Å². The first-order valence-corrected chi connectivity index (χ1v) is 10.5. The van der Waals surface area contributed by atoms with E-state index >= 15 is 0 Å². The predicted molar refractivity (Wildman–Crippen MR) is 113 cm³/mol. The van der Waals surface area contributed by atoms with Crippen LogP contribution in [0, 0.1) is 0 Å². The van der Waals surface area contributed by atoms with Gasteiger partial charge in [-0.25, -0.2) is 0 Å². The maximum Gasteiger partial charge on any atom is -0.0181 e. The molecule has 0 fully saturated rings. The van der Waals surface area contributed by atoms with Crippen LogP contribution in [0.5, 0.6) is 0 Å². The highest BCUT2D eigenvalue weighted by Gasteiger charge is 1.97. The average Bonchev–Trinajstić information content (AvgIpc) is 2.65. The zero-order valence-electron chi connectivity index (χ0n) is 16.2. The van der Waals surface area contributed by atoms with E-state index in [-0.39, 0.29) is 0 Å². The summed E-state index contributed by atoms with van der Waals surface area (Å²) in [5.41, 5.74) is 1.49. The molecule has 0 aliphatic carbocycles. The zero-order chi connectivity index (χ0) is 17.6. The first-order valence-electron chi connectivity index (χ1n) is 10.5. The molecule has 0 radical (unpaired) electrons. The maximum absolute atomic E-state index is 2.40. The minimum Gasteiger partial charge on any atom is -0.0885 e. The summed E-state index contributed by atoms with van der Waals surface area (Å²) in [5.74, 6) is 0. The molecule has 136 valence electrons. The van der Waals surface area contributed by atoms with Crippen molar-refractivity contribution in [2.45, 2.75) is 84.0 Å². The molecule has 0 atom stereocenters. The zero-order valence-corrected chi connectivity index (χ0v) is 16.2. The van der Waals surface area contributed by atoms with E-state index in [4.69, 9.17) is 0 Å². The third-order valence-electron chi connectivity index (χ3n) is 5.04. The van der Waals surface area contributed by atoms with Crippen LogP contribution in [0.3, 0.4) is 0 Å². The second kappa shape index (κ2) is 12.8. The Labute approximate surface area is 155 Å². The number of unbranched alkanes of at least 4 members (excludes halogenated alkanes) is 9. The molecule has 0 nitrogen and oxygen atoms in total. The molecular formula is C25H36. The molecule has 25 heavy (non-hydrogen) atoms. The molecule has 0 unspecified atom stereocenters. The van der Waals surface area contributed by atoms with E-state index in [2.05, 4.69) is 61.5 Å². The van der Waals surface area contributed by atoms with Crippen LogP contribution in [0.15, 0.2) is 54.6 Å². The Balaban J connectivity index is 1.46. The highest BCUT2D eigenvalue weighted by atomic mass is 14.0. The first-order chi connectivity index (χ1) is 12.4. The molecule has 0 N–H and O–H groups in total. The summed E-state index contributed by atoms with van der Waals surface area (Å²) in [7, 11) is 0. The number of fused-ring (bicyclic) bond motifs is 1. The van der Waals surface area contributed by atoms with E-state index in [1.807, 2.05) is 0 Å². The number of hydrogen-bond acceptors (Lipinski definition) is 0. The topological polar surface area (TPSA) is 0 Å². The number of rotatable bonds is 13. The van der Waals surface area contributed by atoms with E-state index in [0.717, 1.165) is 0 Å². The second-order valence-corrected chi connectivity index (χ2v) is 7.31. The van der Waals surface area contributed by atoms with Crippen LogP contribution in [0.2, 0.25) is 0 Å². The highest BCUT2D eigenvalue weighted by molar-refractivity contribution is 5.82. The van der Waals surface area contributed by atoms with Gasteiger partial charge in [-0.2, -0.15) is 0 Å². The summed E-state index contributed by atoms with van der Waals surface area (Å²) in [5, 5.41) is 2.73. The van der Waals surface area contributed by atoms with E-state index in [1.165, 1.54) is 93.4 Å². The smallest absolute Gasteiger partial charge is 0.0181 e. The van der Waals surface area contributed by atoms with Crippen molar-refractivity contribution in [3.63, 3.8) is 0 Å². The van der Waals surface area contributed by atoms with Crippen molar-refractivity contribution in [2.24, 2.45) is 0 Å². The van der Waals surface area contributed by atoms with E-state index in [9.17, 15) is 0 Å². The number of allylic oxidation sites excluding steroid dienone is 2. The SMILES string of the molecule is CCCCC/C=C/CCCCCCCCc1ccc2ccccc2c1. The van der Waals surface area contributed by atoms with Crippen LogP contribution in [-0.4, -0.2) is 0 Å². The largest absolute Gasteiger partial charge is 0.0885 e. The van der Waals surface area contributed by atoms with Gasteiger partial charge in [-0.1, -0.05) is 100 Å². The van der Waals surface area contributed by atoms with Crippen molar-refractivity contribution < 1.29 is 0 Å². The first kappa shape index (κ1) is 19.8. The fourth-order valence-electron chi connectivity index (χ4n) is 3.44. The van der Waals surface area contributed by atoms with Crippen molar-refractivity contribution >= 4 is 10.8 Å². The number of aryl methyl sites for hydroxylation is 1. The Hall–Kier alpha value is -1.56. The molecule has 0 aliphatic heterocycles. The summed E-state index contributed by atoms with van der Waals surface area (Å²) >= 11 is 0. The fraction of sp³-hybridized carbons (Fsp3) is 0.520. The number of benzene rings is 2. The maximum atomic E-state index is 2.40. The Bertz CT molecular complexity index is 608. The normalized spacial score (nSPS) is 11.6. The van der Waals surface area contributed by atoms with Crippen molar-refractivity contribution in [1.82, 2.24) is 0 Å². The lowest BCUT2D eigenvalue weighted by molar-refractivity contribution is 0.596. The van der Waals surface area contributed by atoms with Gasteiger partial charge in [0.25, 0.3) is 0 Å². The highest BCUT2D eigenvalue weighted by Crippen LogP contribution is 2.17. The Kier molecular flexibility index (Phi) is 10.1. The monoisotopic (exact) mass is 336 g/mol. The quantitative estimate of drug-likeness (QED) is 0.255. The molecule has 2 rings (SSSR count). The van der Waals surface area contributed by atoms with Gasteiger partial charge < -0.3 is 0 Å². The van der Waals surface area contributed by atoms with Gasteiger partial charge in [-0.3, -0.25) is 0 Å². The molecule has 0 saturated carbocycles.